The number of hydrogen-bond donors (Lipinski definition) is 1. The van der Waals surface area contributed by atoms with E-state index in [1.54, 1.807) is 25.8 Å². The quantitative estimate of drug-likeness (QED) is 0.323. The monoisotopic (exact) mass is 568 g/mol. The number of urea groups is 1. The molecule has 0 radical (unpaired) electrons. The maximum atomic E-state index is 14.1. The van der Waals surface area contributed by atoms with Crippen LogP contribution >= 0.6 is 0 Å². The summed E-state index contributed by atoms with van der Waals surface area (Å²) in [7, 11) is 1.54. The molecule has 3 aromatic rings. The van der Waals surface area contributed by atoms with Crippen LogP contribution in [0.4, 0.5) is 4.79 Å². The number of likely N-dealkylation sites (N-methyl/N-ethyl adjacent to an activating group) is 1. The van der Waals surface area contributed by atoms with Gasteiger partial charge in [-0.25, -0.2) is 9.59 Å². The standard InChI is InChI=1S/C34H40N4O4/c1-24(2)30(32(40)41)35(4)33(42)36-20-21-37(25(3)22-36)31(39)29-23-38(29)34(26-14-8-5-9-15-26,27-16-10-6-11-17-27)28-18-12-7-13-19-28/h5-19,24-25,29-30H,20-23H2,1-4H3,(H,40,41)/t25-,29?,30?,38?/m0/s1. The minimum Gasteiger partial charge on any atom is -0.480 e. The number of amides is 3. The van der Waals surface area contributed by atoms with E-state index in [4.69, 9.17) is 0 Å². The molecule has 5 rings (SSSR count). The predicted octanol–water partition coefficient (Wildman–Crippen LogP) is 4.36. The van der Waals surface area contributed by atoms with Gasteiger partial charge in [0.1, 0.15) is 12.1 Å². The molecule has 2 heterocycles. The second-order valence-electron chi connectivity index (χ2n) is 11.7. The van der Waals surface area contributed by atoms with Gasteiger partial charge in [-0.3, -0.25) is 9.69 Å². The van der Waals surface area contributed by atoms with E-state index in [-0.39, 0.29) is 29.9 Å². The Morgan fingerprint density at radius 1 is 0.810 bits per heavy atom. The van der Waals surface area contributed by atoms with Gasteiger partial charge in [0.2, 0.25) is 5.91 Å². The van der Waals surface area contributed by atoms with Crippen molar-refractivity contribution in [3.05, 3.63) is 108 Å². The molecule has 0 aliphatic carbocycles. The molecule has 3 unspecified atom stereocenters. The number of carboxylic acid groups (broad SMARTS) is 1. The normalized spacial score (nSPS) is 21.1. The van der Waals surface area contributed by atoms with Crippen molar-refractivity contribution in [2.45, 2.75) is 44.4 Å². The Hall–Kier alpha value is -4.17. The van der Waals surface area contributed by atoms with E-state index in [1.807, 2.05) is 66.4 Å². The number of nitrogens with zero attached hydrogens (tertiary/aromatic N) is 4. The molecule has 2 aliphatic heterocycles. The molecule has 2 fully saturated rings. The number of carbonyl (C=O) groups excluding carboxylic acids is 2. The third-order valence-electron chi connectivity index (χ3n) is 8.69. The van der Waals surface area contributed by atoms with Gasteiger partial charge >= 0.3 is 12.0 Å². The average Bonchev–Trinajstić information content (AvgIpc) is 3.79. The molecule has 3 amide bonds. The molecule has 0 spiro atoms. The van der Waals surface area contributed by atoms with E-state index < -0.39 is 17.6 Å². The second kappa shape index (κ2) is 12.0. The molecule has 42 heavy (non-hydrogen) atoms. The minimum absolute atomic E-state index is 0.0562. The Labute approximate surface area is 248 Å². The highest BCUT2D eigenvalue weighted by Gasteiger charge is 2.57. The Morgan fingerprint density at radius 3 is 1.69 bits per heavy atom. The molecular weight excluding hydrogens is 528 g/mol. The lowest BCUT2D eigenvalue weighted by molar-refractivity contribution is -0.143. The van der Waals surface area contributed by atoms with Crippen LogP contribution in [0.2, 0.25) is 0 Å². The highest BCUT2D eigenvalue weighted by atomic mass is 16.4. The molecule has 2 saturated heterocycles. The number of carboxylic acids is 1. The predicted molar refractivity (Wildman–Crippen MR) is 162 cm³/mol. The SMILES string of the molecule is CC(C)C(C(=O)O)N(C)C(=O)N1CCN(C(=O)C2CN2C(c2ccccc2)(c2ccccc2)c2ccccc2)[C@@H](C)C1. The Kier molecular flexibility index (Phi) is 8.36. The van der Waals surface area contributed by atoms with E-state index in [0.717, 1.165) is 16.7 Å². The number of hydrogen-bond acceptors (Lipinski definition) is 4. The first kappa shape index (κ1) is 29.3. The first-order chi connectivity index (χ1) is 20.2. The summed E-state index contributed by atoms with van der Waals surface area (Å²) in [5.74, 6) is -1.19. The van der Waals surface area contributed by atoms with Crippen LogP contribution in [0.15, 0.2) is 91.0 Å². The first-order valence-corrected chi connectivity index (χ1v) is 14.7. The smallest absolute Gasteiger partial charge is 0.326 e. The topological polar surface area (TPSA) is 84.2 Å². The number of carbonyl (C=O) groups is 3. The lowest BCUT2D eigenvalue weighted by Gasteiger charge is -2.43. The number of benzene rings is 3. The van der Waals surface area contributed by atoms with Gasteiger partial charge in [-0.15, -0.1) is 0 Å². The molecule has 220 valence electrons. The van der Waals surface area contributed by atoms with Gasteiger partial charge in [0, 0.05) is 39.3 Å². The van der Waals surface area contributed by atoms with Gasteiger partial charge < -0.3 is 19.8 Å². The summed E-state index contributed by atoms with van der Waals surface area (Å²) in [6, 6.07) is 29.3. The van der Waals surface area contributed by atoms with Crippen molar-refractivity contribution >= 4 is 17.9 Å². The molecule has 8 nitrogen and oxygen atoms in total. The van der Waals surface area contributed by atoms with E-state index in [2.05, 4.69) is 41.3 Å². The summed E-state index contributed by atoms with van der Waals surface area (Å²) in [6.07, 6.45) is 0. The molecule has 4 atom stereocenters. The molecule has 0 bridgehead atoms. The van der Waals surface area contributed by atoms with Gasteiger partial charge in [-0.2, -0.15) is 0 Å². The van der Waals surface area contributed by atoms with Crippen LogP contribution in [0.5, 0.6) is 0 Å². The van der Waals surface area contributed by atoms with Gasteiger partial charge in [-0.1, -0.05) is 105 Å². The summed E-state index contributed by atoms with van der Waals surface area (Å²) >= 11 is 0. The molecule has 0 aromatic heterocycles. The fourth-order valence-corrected chi connectivity index (χ4v) is 6.65. The highest BCUT2D eigenvalue weighted by Crippen LogP contribution is 2.48. The fourth-order valence-electron chi connectivity index (χ4n) is 6.65. The summed E-state index contributed by atoms with van der Waals surface area (Å²) < 4.78 is 0. The molecule has 0 saturated carbocycles. The van der Waals surface area contributed by atoms with Crippen LogP contribution in [0.3, 0.4) is 0 Å². The van der Waals surface area contributed by atoms with Crippen LogP contribution in [0.25, 0.3) is 0 Å². The summed E-state index contributed by atoms with van der Waals surface area (Å²) in [5, 5.41) is 9.66. The largest absolute Gasteiger partial charge is 0.480 e. The van der Waals surface area contributed by atoms with Crippen molar-refractivity contribution in [2.75, 3.05) is 33.2 Å². The second-order valence-corrected chi connectivity index (χ2v) is 11.7. The summed E-state index contributed by atoms with van der Waals surface area (Å²) in [5.41, 5.74) is 2.66. The maximum Gasteiger partial charge on any atom is 0.326 e. The number of aliphatic carboxylic acids is 1. The van der Waals surface area contributed by atoms with Crippen molar-refractivity contribution in [3.8, 4) is 0 Å². The van der Waals surface area contributed by atoms with Gasteiger partial charge in [-0.05, 0) is 29.5 Å². The van der Waals surface area contributed by atoms with Crippen molar-refractivity contribution in [2.24, 2.45) is 5.92 Å². The molecule has 2 aliphatic rings. The Morgan fingerprint density at radius 2 is 1.29 bits per heavy atom. The van der Waals surface area contributed by atoms with Crippen molar-refractivity contribution in [3.63, 3.8) is 0 Å². The Balaban J connectivity index is 1.39. The van der Waals surface area contributed by atoms with E-state index in [9.17, 15) is 19.5 Å². The third-order valence-corrected chi connectivity index (χ3v) is 8.69. The van der Waals surface area contributed by atoms with E-state index >= 15 is 0 Å². The number of rotatable bonds is 8. The van der Waals surface area contributed by atoms with Gasteiger partial charge in [0.15, 0.2) is 0 Å². The minimum atomic E-state index is -1.02. The van der Waals surface area contributed by atoms with Crippen LogP contribution < -0.4 is 0 Å². The molecule has 1 N–H and O–H groups in total. The van der Waals surface area contributed by atoms with Crippen LogP contribution in [0, 0.1) is 5.92 Å². The van der Waals surface area contributed by atoms with E-state index in [1.165, 1.54) is 4.90 Å². The highest BCUT2D eigenvalue weighted by molar-refractivity contribution is 5.87. The lowest BCUT2D eigenvalue weighted by atomic mass is 9.76. The van der Waals surface area contributed by atoms with Crippen molar-refractivity contribution in [1.82, 2.24) is 19.6 Å². The molecule has 3 aromatic carbocycles. The zero-order valence-electron chi connectivity index (χ0n) is 24.8. The molecular formula is C34H40N4O4. The van der Waals surface area contributed by atoms with Crippen LogP contribution in [-0.4, -0.2) is 94.0 Å². The van der Waals surface area contributed by atoms with E-state index in [0.29, 0.717) is 26.2 Å². The van der Waals surface area contributed by atoms with Crippen LogP contribution in [0.1, 0.15) is 37.5 Å². The zero-order chi connectivity index (χ0) is 30.0. The van der Waals surface area contributed by atoms with Crippen molar-refractivity contribution < 1.29 is 19.5 Å². The van der Waals surface area contributed by atoms with Gasteiger partial charge in [0.05, 0.1) is 5.54 Å². The molecule has 8 heteroatoms. The maximum absolute atomic E-state index is 14.1. The van der Waals surface area contributed by atoms with Crippen LogP contribution in [-0.2, 0) is 15.1 Å². The Bertz CT molecular complexity index is 1300. The first-order valence-electron chi connectivity index (χ1n) is 14.7. The zero-order valence-corrected chi connectivity index (χ0v) is 24.8. The fraction of sp³-hybridized carbons (Fsp3) is 0.382. The van der Waals surface area contributed by atoms with Gasteiger partial charge in [0.25, 0.3) is 0 Å². The third kappa shape index (κ3) is 5.27. The summed E-state index contributed by atoms with van der Waals surface area (Å²) in [4.78, 5) is 46.3. The van der Waals surface area contributed by atoms with Crippen molar-refractivity contribution in [1.29, 1.82) is 0 Å². The average molecular weight is 569 g/mol. The number of piperazine rings is 1. The lowest BCUT2D eigenvalue weighted by Crippen LogP contribution is -2.60. The summed E-state index contributed by atoms with van der Waals surface area (Å²) in [6.45, 7) is 7.27.